The molecule has 7 rings (SSSR count). The topological polar surface area (TPSA) is 62.6 Å². The molecule has 0 N–H and O–H groups in total. The molecule has 0 spiro atoms. The third kappa shape index (κ3) is 6.08. The first-order valence-electron chi connectivity index (χ1n) is 15.7. The van der Waals surface area contributed by atoms with Crippen LogP contribution in [0.5, 0.6) is 5.75 Å². The van der Waals surface area contributed by atoms with E-state index in [4.69, 9.17) is 4.74 Å². The van der Waals surface area contributed by atoms with Gasteiger partial charge in [-0.3, -0.25) is 14.7 Å². The molecule has 3 fully saturated rings. The number of halogens is 3. The van der Waals surface area contributed by atoms with Crippen LogP contribution in [0.2, 0.25) is 0 Å². The number of rotatable bonds is 8. The molecule has 4 aromatic rings. The number of ether oxygens (including phenoxy) is 1. The molecule has 2 aliphatic heterocycles. The summed E-state index contributed by atoms with van der Waals surface area (Å²) in [6.07, 6.45) is -0.818. The Morgan fingerprint density at radius 1 is 0.867 bits per heavy atom. The maximum atomic E-state index is 13.7. The Morgan fingerprint density at radius 2 is 1.58 bits per heavy atom. The molecule has 8 nitrogen and oxygen atoms in total. The van der Waals surface area contributed by atoms with Crippen molar-refractivity contribution in [2.24, 2.45) is 0 Å². The molecule has 3 aliphatic rings. The number of piperazine rings is 2. The van der Waals surface area contributed by atoms with Gasteiger partial charge >= 0.3 is 6.18 Å². The minimum atomic E-state index is -4.68. The molecule has 0 amide bonds. The third-order valence-electron chi connectivity index (χ3n) is 9.82. The number of tetrazole rings is 1. The van der Waals surface area contributed by atoms with Crippen molar-refractivity contribution in [3.05, 3.63) is 101 Å². The molecule has 2 atom stereocenters. The number of benzene rings is 3. The Morgan fingerprint density at radius 3 is 2.20 bits per heavy atom. The van der Waals surface area contributed by atoms with Crippen molar-refractivity contribution >= 4 is 0 Å². The molecule has 1 aliphatic carbocycles. The summed E-state index contributed by atoms with van der Waals surface area (Å²) >= 11 is 0. The zero-order valence-electron chi connectivity index (χ0n) is 25.4. The average Bonchev–Trinajstić information content (AvgIpc) is 3.53. The van der Waals surface area contributed by atoms with Crippen molar-refractivity contribution < 1.29 is 17.9 Å². The van der Waals surface area contributed by atoms with Crippen molar-refractivity contribution in [2.45, 2.75) is 56.0 Å². The van der Waals surface area contributed by atoms with Crippen molar-refractivity contribution in [3.63, 3.8) is 0 Å². The van der Waals surface area contributed by atoms with E-state index >= 15 is 0 Å². The molecular formula is C34H38F3N7O. The monoisotopic (exact) mass is 617 g/mol. The fourth-order valence-electron chi connectivity index (χ4n) is 7.50. The van der Waals surface area contributed by atoms with Crippen LogP contribution in [0.1, 0.15) is 47.7 Å². The van der Waals surface area contributed by atoms with Crippen LogP contribution in [0.15, 0.2) is 78.9 Å². The Balaban J connectivity index is 1.24. The summed E-state index contributed by atoms with van der Waals surface area (Å²) < 4.78 is 47.4. The van der Waals surface area contributed by atoms with Crippen molar-refractivity contribution in [2.75, 3.05) is 39.8 Å². The van der Waals surface area contributed by atoms with Crippen LogP contribution >= 0.6 is 0 Å². The van der Waals surface area contributed by atoms with Crippen LogP contribution in [0, 0.1) is 0 Å². The Hall–Kier alpha value is -3.80. The quantitative estimate of drug-likeness (QED) is 0.268. The number of alkyl halides is 3. The van der Waals surface area contributed by atoms with E-state index in [9.17, 15) is 13.2 Å². The van der Waals surface area contributed by atoms with Crippen LogP contribution in [-0.4, -0.2) is 92.9 Å². The van der Waals surface area contributed by atoms with E-state index in [0.717, 1.165) is 43.0 Å². The highest BCUT2D eigenvalue weighted by Crippen LogP contribution is 2.38. The molecular weight excluding hydrogens is 579 g/mol. The molecule has 1 aromatic heterocycles. The second kappa shape index (κ2) is 12.5. The van der Waals surface area contributed by atoms with Gasteiger partial charge in [0, 0.05) is 68.9 Å². The van der Waals surface area contributed by atoms with Gasteiger partial charge in [0.1, 0.15) is 5.75 Å². The van der Waals surface area contributed by atoms with Crippen LogP contribution in [0.25, 0.3) is 5.69 Å². The van der Waals surface area contributed by atoms with Gasteiger partial charge in [-0.15, -0.1) is 5.10 Å². The summed E-state index contributed by atoms with van der Waals surface area (Å²) in [5, 5.41) is 10.2. The molecule has 2 saturated heterocycles. The summed E-state index contributed by atoms with van der Waals surface area (Å²) in [7, 11) is 1.59. The van der Waals surface area contributed by atoms with Crippen LogP contribution in [-0.2, 0) is 12.7 Å². The second-order valence-electron chi connectivity index (χ2n) is 12.4. The average molecular weight is 618 g/mol. The van der Waals surface area contributed by atoms with Crippen molar-refractivity contribution in [3.8, 4) is 11.4 Å². The zero-order valence-corrected chi connectivity index (χ0v) is 25.4. The number of aromatic nitrogens is 4. The highest BCUT2D eigenvalue weighted by molar-refractivity contribution is 5.44. The van der Waals surface area contributed by atoms with Gasteiger partial charge < -0.3 is 4.74 Å². The lowest BCUT2D eigenvalue weighted by molar-refractivity contribution is -0.146. The van der Waals surface area contributed by atoms with Gasteiger partial charge in [0.15, 0.2) is 0 Å². The van der Waals surface area contributed by atoms with Crippen LogP contribution in [0.4, 0.5) is 13.2 Å². The largest absolute Gasteiger partial charge is 0.496 e. The van der Waals surface area contributed by atoms with E-state index in [-0.39, 0.29) is 17.6 Å². The first kappa shape index (κ1) is 29.9. The predicted molar refractivity (Wildman–Crippen MR) is 164 cm³/mol. The number of nitrogens with zero attached hydrogens (tertiary/aromatic N) is 7. The van der Waals surface area contributed by atoms with Gasteiger partial charge in [0.05, 0.1) is 12.8 Å². The van der Waals surface area contributed by atoms with Gasteiger partial charge in [0.2, 0.25) is 0 Å². The Bertz CT molecular complexity index is 1540. The minimum Gasteiger partial charge on any atom is -0.496 e. The fourth-order valence-corrected chi connectivity index (χ4v) is 7.50. The molecule has 0 unspecified atom stereocenters. The maximum absolute atomic E-state index is 13.7. The maximum Gasteiger partial charge on any atom is 0.453 e. The van der Waals surface area contributed by atoms with Crippen molar-refractivity contribution in [1.82, 2.24) is 34.9 Å². The minimum absolute atomic E-state index is 0.164. The first-order valence-corrected chi connectivity index (χ1v) is 15.7. The molecule has 0 radical (unpaired) electrons. The number of fused-ring (bicyclic) bond motifs is 1. The standard InChI is InChI=1S/C34H38F3N7O/c1-45-31-16-15-28(44-33(34(35,36)37)38-39-40-44)19-26(31)20-41-21-29-22-42(27-13-8-14-27)17-18-43(29)30(23-41)32(24-9-4-2-5-10-24)25-11-6-3-7-12-25/h2-7,9-12,15-16,19,27,29-30,32H,8,13-14,17-18,20-23H2,1H3/t29-,30+/m1/s1. The lowest BCUT2D eigenvalue weighted by Crippen LogP contribution is -2.68. The smallest absolute Gasteiger partial charge is 0.453 e. The van der Waals surface area contributed by atoms with Gasteiger partial charge in [0.25, 0.3) is 5.82 Å². The number of hydrogen-bond acceptors (Lipinski definition) is 7. The summed E-state index contributed by atoms with van der Waals surface area (Å²) in [6, 6.07) is 27.7. The molecule has 236 valence electrons. The lowest BCUT2D eigenvalue weighted by Gasteiger charge is -2.55. The highest BCUT2D eigenvalue weighted by Gasteiger charge is 2.44. The van der Waals surface area contributed by atoms with E-state index in [2.05, 4.69) is 90.9 Å². The van der Waals surface area contributed by atoms with E-state index in [1.807, 2.05) is 0 Å². The molecule has 3 aromatic carbocycles. The summed E-state index contributed by atoms with van der Waals surface area (Å²) in [5.74, 6) is -0.363. The summed E-state index contributed by atoms with van der Waals surface area (Å²) in [4.78, 5) is 7.88. The summed E-state index contributed by atoms with van der Waals surface area (Å²) in [5.41, 5.74) is 3.62. The van der Waals surface area contributed by atoms with Gasteiger partial charge in [-0.05, 0) is 52.6 Å². The van der Waals surface area contributed by atoms with E-state index in [1.165, 1.54) is 30.4 Å². The Labute approximate surface area is 261 Å². The lowest BCUT2D eigenvalue weighted by atomic mass is 9.81. The molecule has 11 heteroatoms. The van der Waals surface area contributed by atoms with Crippen LogP contribution < -0.4 is 4.74 Å². The first-order chi connectivity index (χ1) is 21.9. The number of hydrogen-bond donors (Lipinski definition) is 0. The van der Waals surface area contributed by atoms with Gasteiger partial charge in [-0.1, -0.05) is 67.1 Å². The van der Waals surface area contributed by atoms with Crippen molar-refractivity contribution in [1.29, 1.82) is 0 Å². The summed E-state index contributed by atoms with van der Waals surface area (Å²) in [6.45, 7) is 5.32. The highest BCUT2D eigenvalue weighted by atomic mass is 19.4. The molecule has 0 bridgehead atoms. The van der Waals surface area contributed by atoms with E-state index in [0.29, 0.717) is 24.4 Å². The molecule has 45 heavy (non-hydrogen) atoms. The fraction of sp³-hybridized carbons (Fsp3) is 0.441. The van der Waals surface area contributed by atoms with Gasteiger partial charge in [-0.25, -0.2) is 0 Å². The second-order valence-corrected chi connectivity index (χ2v) is 12.4. The third-order valence-corrected chi connectivity index (χ3v) is 9.82. The zero-order chi connectivity index (χ0) is 31.0. The Kier molecular flexibility index (Phi) is 8.32. The predicted octanol–water partition coefficient (Wildman–Crippen LogP) is 5.24. The van der Waals surface area contributed by atoms with Gasteiger partial charge in [-0.2, -0.15) is 17.9 Å². The molecule has 3 heterocycles. The van der Waals surface area contributed by atoms with Crippen LogP contribution in [0.3, 0.4) is 0 Å². The SMILES string of the molecule is COc1ccc(-n2nnnc2C(F)(F)F)cc1CN1C[C@@H]2CN(C3CCC3)CCN2[C@H](C(c2ccccc2)c2ccccc2)C1. The van der Waals surface area contributed by atoms with E-state index in [1.54, 1.807) is 25.3 Å². The molecule has 1 saturated carbocycles. The number of methoxy groups -OCH3 is 1. The normalized spacial score (nSPS) is 21.9. The van der Waals surface area contributed by atoms with E-state index < -0.39 is 12.0 Å².